The van der Waals surface area contributed by atoms with Crippen LogP contribution in [0.1, 0.15) is 63.9 Å². The minimum atomic E-state index is -0.641. The number of ether oxygens (including phenoxy) is 6. The van der Waals surface area contributed by atoms with Gasteiger partial charge < -0.3 is 28.4 Å². The van der Waals surface area contributed by atoms with Crippen LogP contribution < -0.4 is 14.2 Å². The second kappa shape index (κ2) is 16.2. The summed E-state index contributed by atoms with van der Waals surface area (Å²) in [5.41, 5.74) is -0.0401. The third kappa shape index (κ3) is 9.66. The van der Waals surface area contributed by atoms with Gasteiger partial charge in [0, 0.05) is 32.2 Å². The standard InChI is InChI=1S/C28H37NO9/c1-6-17-34-23(7-2)27(38-21-11-9-8-10-12-21)19(3)37-25(32)14-13-22(31)26-28(36-18-35-20(4)30)24(33-5)15-16-29-26/h8-12,15-16,19,23,27H,6-7,13-14,17-18H2,1-5H3/t19-,23-,27-/m0/s1. The molecule has 3 atom stereocenters. The first-order chi connectivity index (χ1) is 18.3. The summed E-state index contributed by atoms with van der Waals surface area (Å²) in [5.74, 6) is -0.662. The van der Waals surface area contributed by atoms with E-state index < -0.39 is 36.7 Å². The second-order valence-electron chi connectivity index (χ2n) is 8.42. The van der Waals surface area contributed by atoms with Gasteiger partial charge in [0.05, 0.1) is 19.6 Å². The van der Waals surface area contributed by atoms with Crippen LogP contribution in [0.3, 0.4) is 0 Å². The molecule has 0 aliphatic heterocycles. The predicted molar refractivity (Wildman–Crippen MR) is 138 cm³/mol. The number of Topliss-reactive ketones (excluding diaryl/α,β-unsaturated/α-hetero) is 1. The number of hydrogen-bond donors (Lipinski definition) is 0. The number of benzene rings is 1. The summed E-state index contributed by atoms with van der Waals surface area (Å²) in [6.07, 6.45) is 1.05. The first-order valence-corrected chi connectivity index (χ1v) is 12.7. The maximum atomic E-state index is 12.9. The lowest BCUT2D eigenvalue weighted by molar-refractivity contribution is -0.158. The quantitative estimate of drug-likeness (QED) is 0.163. The van der Waals surface area contributed by atoms with Gasteiger partial charge in [0.2, 0.25) is 6.79 Å². The van der Waals surface area contributed by atoms with Crippen molar-refractivity contribution in [2.24, 2.45) is 0 Å². The second-order valence-corrected chi connectivity index (χ2v) is 8.42. The average molecular weight is 532 g/mol. The molecule has 0 saturated carbocycles. The molecule has 0 amide bonds. The first-order valence-electron chi connectivity index (χ1n) is 12.7. The Labute approximate surface area is 223 Å². The number of nitrogens with zero attached hydrogens (tertiary/aromatic N) is 1. The number of ketones is 1. The van der Waals surface area contributed by atoms with Gasteiger partial charge in [0.15, 0.2) is 29.1 Å². The van der Waals surface area contributed by atoms with Crippen LogP contribution in [-0.2, 0) is 23.8 Å². The molecule has 1 aromatic carbocycles. The number of para-hydroxylation sites is 1. The van der Waals surface area contributed by atoms with E-state index in [2.05, 4.69) is 4.98 Å². The van der Waals surface area contributed by atoms with E-state index in [4.69, 9.17) is 28.4 Å². The van der Waals surface area contributed by atoms with Crippen molar-refractivity contribution < 1.29 is 42.8 Å². The van der Waals surface area contributed by atoms with E-state index in [1.54, 1.807) is 6.92 Å². The first kappa shape index (κ1) is 30.6. The molecule has 0 saturated heterocycles. The maximum Gasteiger partial charge on any atom is 0.306 e. The van der Waals surface area contributed by atoms with Gasteiger partial charge in [0.1, 0.15) is 11.9 Å². The lowest BCUT2D eigenvalue weighted by atomic mass is 10.1. The molecule has 2 rings (SSSR count). The van der Waals surface area contributed by atoms with Crippen molar-refractivity contribution in [3.8, 4) is 17.2 Å². The van der Waals surface area contributed by atoms with Gasteiger partial charge in [0.25, 0.3) is 0 Å². The molecular weight excluding hydrogens is 494 g/mol. The lowest BCUT2D eigenvalue weighted by Crippen LogP contribution is -2.44. The highest BCUT2D eigenvalue weighted by atomic mass is 16.7. The Kier molecular flexibility index (Phi) is 13.1. The molecule has 208 valence electrons. The summed E-state index contributed by atoms with van der Waals surface area (Å²) in [6.45, 7) is 7.12. The fraction of sp³-hybridized carbons (Fsp3) is 0.500. The van der Waals surface area contributed by atoms with Gasteiger partial charge in [-0.05, 0) is 31.9 Å². The number of hydrogen-bond acceptors (Lipinski definition) is 10. The molecule has 0 unspecified atom stereocenters. The molecule has 0 spiro atoms. The Morgan fingerprint density at radius 3 is 2.39 bits per heavy atom. The molecular formula is C28H37NO9. The summed E-state index contributed by atoms with van der Waals surface area (Å²) in [4.78, 5) is 40.8. The smallest absolute Gasteiger partial charge is 0.306 e. The van der Waals surface area contributed by atoms with E-state index >= 15 is 0 Å². The number of pyridine rings is 1. The van der Waals surface area contributed by atoms with Crippen LogP contribution >= 0.6 is 0 Å². The Morgan fingerprint density at radius 1 is 1.03 bits per heavy atom. The highest BCUT2D eigenvalue weighted by molar-refractivity contribution is 5.98. The number of methoxy groups -OCH3 is 1. The normalized spacial score (nSPS) is 13.1. The van der Waals surface area contributed by atoms with E-state index in [1.807, 2.05) is 44.2 Å². The molecule has 1 aromatic heterocycles. The van der Waals surface area contributed by atoms with E-state index in [0.29, 0.717) is 18.8 Å². The largest absolute Gasteiger partial charge is 0.493 e. The van der Waals surface area contributed by atoms with Gasteiger partial charge in [-0.2, -0.15) is 0 Å². The Morgan fingerprint density at radius 2 is 1.76 bits per heavy atom. The predicted octanol–water partition coefficient (Wildman–Crippen LogP) is 4.54. The van der Waals surface area contributed by atoms with Gasteiger partial charge in [-0.1, -0.05) is 32.0 Å². The van der Waals surface area contributed by atoms with Crippen LogP contribution in [0.2, 0.25) is 0 Å². The zero-order valence-corrected chi connectivity index (χ0v) is 22.6. The van der Waals surface area contributed by atoms with Crippen LogP contribution in [-0.4, -0.2) is 61.5 Å². The number of aromatic nitrogens is 1. The minimum absolute atomic E-state index is 0.0261. The van der Waals surface area contributed by atoms with Gasteiger partial charge in [-0.15, -0.1) is 0 Å². The Bertz CT molecular complexity index is 1030. The van der Waals surface area contributed by atoms with Crippen LogP contribution in [0.25, 0.3) is 0 Å². The summed E-state index contributed by atoms with van der Waals surface area (Å²) < 4.78 is 33.3. The summed E-state index contributed by atoms with van der Waals surface area (Å²) >= 11 is 0. The fourth-order valence-electron chi connectivity index (χ4n) is 3.61. The van der Waals surface area contributed by atoms with Crippen LogP contribution in [0.5, 0.6) is 17.2 Å². The minimum Gasteiger partial charge on any atom is -0.493 e. The van der Waals surface area contributed by atoms with Crippen molar-refractivity contribution in [2.45, 2.75) is 71.7 Å². The van der Waals surface area contributed by atoms with Crippen molar-refractivity contribution in [1.29, 1.82) is 0 Å². The molecule has 0 bridgehead atoms. The molecule has 0 radical (unpaired) electrons. The van der Waals surface area contributed by atoms with Crippen LogP contribution in [0.4, 0.5) is 0 Å². The van der Waals surface area contributed by atoms with E-state index in [1.165, 1.54) is 26.3 Å². The molecule has 0 N–H and O–H groups in total. The highest BCUT2D eigenvalue weighted by Crippen LogP contribution is 2.30. The number of carbonyl (C=O) groups is 3. The molecule has 2 aromatic rings. The molecule has 38 heavy (non-hydrogen) atoms. The molecule has 0 aliphatic carbocycles. The van der Waals surface area contributed by atoms with Crippen molar-refractivity contribution >= 4 is 17.7 Å². The van der Waals surface area contributed by atoms with Crippen LogP contribution in [0.15, 0.2) is 42.6 Å². The van der Waals surface area contributed by atoms with Crippen molar-refractivity contribution in [3.63, 3.8) is 0 Å². The summed E-state index contributed by atoms with van der Waals surface area (Å²) in [7, 11) is 1.41. The average Bonchev–Trinajstić information content (AvgIpc) is 2.91. The third-order valence-electron chi connectivity index (χ3n) is 5.47. The lowest BCUT2D eigenvalue weighted by Gasteiger charge is -2.31. The Hall–Kier alpha value is -3.66. The van der Waals surface area contributed by atoms with E-state index in [-0.39, 0.29) is 36.1 Å². The summed E-state index contributed by atoms with van der Waals surface area (Å²) in [5, 5.41) is 0. The van der Waals surface area contributed by atoms with E-state index in [9.17, 15) is 14.4 Å². The zero-order chi connectivity index (χ0) is 27.9. The van der Waals surface area contributed by atoms with Gasteiger partial charge in [-0.3, -0.25) is 14.4 Å². The number of carbonyl (C=O) groups excluding carboxylic acids is 3. The fourth-order valence-corrected chi connectivity index (χ4v) is 3.61. The molecule has 0 aliphatic rings. The maximum absolute atomic E-state index is 12.9. The Balaban J connectivity index is 2.06. The van der Waals surface area contributed by atoms with Crippen molar-refractivity contribution in [3.05, 3.63) is 48.3 Å². The molecule has 10 nitrogen and oxygen atoms in total. The third-order valence-corrected chi connectivity index (χ3v) is 5.47. The number of esters is 2. The number of rotatable bonds is 17. The monoisotopic (exact) mass is 531 g/mol. The summed E-state index contributed by atoms with van der Waals surface area (Å²) in [6, 6.07) is 10.8. The van der Waals surface area contributed by atoms with Gasteiger partial charge in [-0.25, -0.2) is 4.98 Å². The van der Waals surface area contributed by atoms with Crippen LogP contribution in [0, 0.1) is 0 Å². The van der Waals surface area contributed by atoms with Crippen molar-refractivity contribution in [1.82, 2.24) is 4.98 Å². The SMILES string of the molecule is CCCO[C@@H](CC)[C@@H](Oc1ccccc1)[C@H](C)OC(=O)CCC(=O)c1nccc(OC)c1OCOC(C)=O. The molecule has 1 heterocycles. The zero-order valence-electron chi connectivity index (χ0n) is 22.6. The molecule has 0 fully saturated rings. The topological polar surface area (TPSA) is 119 Å². The highest BCUT2D eigenvalue weighted by Gasteiger charge is 2.31. The van der Waals surface area contributed by atoms with Gasteiger partial charge >= 0.3 is 11.9 Å². The molecule has 10 heteroatoms. The van der Waals surface area contributed by atoms with E-state index in [0.717, 1.165) is 6.42 Å². The van der Waals surface area contributed by atoms with Crippen molar-refractivity contribution in [2.75, 3.05) is 20.5 Å².